The van der Waals surface area contributed by atoms with Crippen molar-refractivity contribution in [3.63, 3.8) is 0 Å². The molecule has 174 valence electrons. The molecule has 2 aromatic heterocycles. The van der Waals surface area contributed by atoms with E-state index in [1.54, 1.807) is 12.4 Å². The Kier molecular flexibility index (Phi) is 6.77. The van der Waals surface area contributed by atoms with Gasteiger partial charge in [-0.2, -0.15) is 4.98 Å². The minimum Gasteiger partial charge on any atom is -0.424 e. The summed E-state index contributed by atoms with van der Waals surface area (Å²) in [5.74, 6) is 0.0316. The number of fused-ring (bicyclic) bond motifs is 1. The van der Waals surface area contributed by atoms with Crippen LogP contribution in [0.1, 0.15) is 47.2 Å². The molecule has 0 bridgehead atoms. The maximum absolute atomic E-state index is 13.6. The van der Waals surface area contributed by atoms with Gasteiger partial charge in [-0.05, 0) is 72.9 Å². The van der Waals surface area contributed by atoms with Crippen molar-refractivity contribution in [3.8, 4) is 0 Å². The van der Waals surface area contributed by atoms with Crippen molar-refractivity contribution in [3.05, 3.63) is 88.7 Å². The van der Waals surface area contributed by atoms with E-state index in [9.17, 15) is 4.79 Å². The topological polar surface area (TPSA) is 71.3 Å². The highest BCUT2D eigenvalue weighted by Gasteiger charge is 2.28. The quantitative estimate of drug-likeness (QED) is 0.333. The molecule has 1 saturated carbocycles. The van der Waals surface area contributed by atoms with Crippen LogP contribution in [-0.2, 0) is 13.0 Å². The summed E-state index contributed by atoms with van der Waals surface area (Å²) >= 11 is 6.06. The minimum atomic E-state index is 0.0316. The summed E-state index contributed by atoms with van der Waals surface area (Å²) in [7, 11) is 0. The van der Waals surface area contributed by atoms with Crippen LogP contribution in [0.5, 0.6) is 0 Å². The average molecular weight is 475 g/mol. The molecule has 0 unspecified atom stereocenters. The number of aromatic nitrogens is 2. The van der Waals surface area contributed by atoms with E-state index in [-0.39, 0.29) is 11.9 Å². The largest absolute Gasteiger partial charge is 0.424 e. The Hall–Kier alpha value is -3.38. The molecule has 6 nitrogen and oxygen atoms in total. The highest BCUT2D eigenvalue weighted by Crippen LogP contribution is 2.28. The number of halogens is 1. The third-order valence-electron chi connectivity index (χ3n) is 6.34. The highest BCUT2D eigenvalue weighted by atomic mass is 35.5. The molecular weight excluding hydrogens is 448 g/mol. The van der Waals surface area contributed by atoms with E-state index in [2.05, 4.69) is 15.3 Å². The Morgan fingerprint density at radius 1 is 1.06 bits per heavy atom. The second kappa shape index (κ2) is 10.3. The molecule has 1 aliphatic carbocycles. The van der Waals surface area contributed by atoms with E-state index in [1.807, 2.05) is 59.5 Å². The van der Waals surface area contributed by atoms with Gasteiger partial charge < -0.3 is 14.6 Å². The zero-order chi connectivity index (χ0) is 23.3. The molecule has 7 heteroatoms. The van der Waals surface area contributed by atoms with Crippen LogP contribution < -0.4 is 5.32 Å². The molecule has 0 radical (unpaired) electrons. The zero-order valence-electron chi connectivity index (χ0n) is 18.9. The lowest BCUT2D eigenvalue weighted by molar-refractivity contribution is 0.0664. The molecule has 0 spiro atoms. The second-order valence-electron chi connectivity index (χ2n) is 8.74. The fraction of sp³-hybridized carbons (Fsp3) is 0.296. The fourth-order valence-corrected chi connectivity index (χ4v) is 4.79. The van der Waals surface area contributed by atoms with Crippen molar-refractivity contribution in [2.45, 2.75) is 44.7 Å². The monoisotopic (exact) mass is 474 g/mol. The van der Waals surface area contributed by atoms with Gasteiger partial charge in [0.15, 0.2) is 5.58 Å². The third kappa shape index (κ3) is 5.23. The van der Waals surface area contributed by atoms with Gasteiger partial charge in [0.2, 0.25) is 0 Å². The maximum Gasteiger partial charge on any atom is 0.295 e. The molecule has 1 fully saturated rings. The summed E-state index contributed by atoms with van der Waals surface area (Å²) < 4.78 is 5.84. The number of benzene rings is 2. The van der Waals surface area contributed by atoms with Crippen molar-refractivity contribution in [1.29, 1.82) is 0 Å². The molecule has 4 aromatic rings. The predicted octanol–water partition coefficient (Wildman–Crippen LogP) is 6.12. The van der Waals surface area contributed by atoms with Gasteiger partial charge in [-0.15, -0.1) is 0 Å². The van der Waals surface area contributed by atoms with Crippen molar-refractivity contribution in [2.24, 2.45) is 0 Å². The first-order chi connectivity index (χ1) is 16.7. The van der Waals surface area contributed by atoms with E-state index >= 15 is 0 Å². The first-order valence-corrected chi connectivity index (χ1v) is 12.1. The van der Waals surface area contributed by atoms with Crippen LogP contribution in [0.15, 0.2) is 71.4 Å². The predicted molar refractivity (Wildman–Crippen MR) is 134 cm³/mol. The van der Waals surface area contributed by atoms with Crippen molar-refractivity contribution < 1.29 is 9.21 Å². The van der Waals surface area contributed by atoms with Gasteiger partial charge in [-0.3, -0.25) is 9.78 Å². The molecule has 1 N–H and O–H groups in total. The van der Waals surface area contributed by atoms with E-state index in [0.717, 1.165) is 48.3 Å². The van der Waals surface area contributed by atoms with Crippen LogP contribution in [0.4, 0.5) is 6.01 Å². The number of oxazole rings is 1. The minimum absolute atomic E-state index is 0.0316. The molecule has 34 heavy (non-hydrogen) atoms. The third-order valence-corrected chi connectivity index (χ3v) is 6.58. The molecule has 0 atom stereocenters. The van der Waals surface area contributed by atoms with Gasteiger partial charge in [0, 0.05) is 42.1 Å². The summed E-state index contributed by atoms with van der Waals surface area (Å²) in [6, 6.07) is 17.9. The number of carbonyl (C=O) groups is 1. The lowest BCUT2D eigenvalue weighted by atomic mass is 10.1. The standard InChI is InChI=1S/C27H27ClN4O2/c28-22-5-3-4-19(16-22)12-15-30-27-31-24-17-21(8-9-25(24)34-27)26(33)32(23-6-1-2-7-23)18-20-10-13-29-14-11-20/h3-5,8-11,13-14,16-17,23H,1-2,6-7,12,15,18H2,(H,30,31). The Bertz CT molecular complexity index is 1270. The van der Waals surface area contributed by atoms with Crippen LogP contribution in [0.25, 0.3) is 11.1 Å². The van der Waals surface area contributed by atoms with Gasteiger partial charge in [-0.25, -0.2) is 0 Å². The molecular formula is C27H27ClN4O2. The number of nitrogens with one attached hydrogen (secondary N) is 1. The summed E-state index contributed by atoms with van der Waals surface area (Å²) in [6.07, 6.45) is 8.76. The number of rotatable bonds is 8. The molecule has 5 rings (SSSR count). The van der Waals surface area contributed by atoms with Gasteiger partial charge >= 0.3 is 0 Å². The first kappa shape index (κ1) is 22.4. The van der Waals surface area contributed by atoms with Crippen molar-refractivity contribution in [1.82, 2.24) is 14.9 Å². The Morgan fingerprint density at radius 2 is 1.88 bits per heavy atom. The number of pyridine rings is 1. The van der Waals surface area contributed by atoms with Gasteiger partial charge in [0.05, 0.1) is 0 Å². The highest BCUT2D eigenvalue weighted by molar-refractivity contribution is 6.30. The van der Waals surface area contributed by atoms with E-state index in [1.165, 1.54) is 0 Å². The number of carbonyl (C=O) groups excluding carboxylic acids is 1. The molecule has 0 saturated heterocycles. The van der Waals surface area contributed by atoms with Crippen LogP contribution in [0.2, 0.25) is 5.02 Å². The SMILES string of the molecule is O=C(c1ccc2oc(NCCc3cccc(Cl)c3)nc2c1)N(Cc1ccncc1)C1CCCC1. The smallest absolute Gasteiger partial charge is 0.295 e. The van der Waals surface area contributed by atoms with Gasteiger partial charge in [0.1, 0.15) is 5.52 Å². The Balaban J connectivity index is 1.30. The lowest BCUT2D eigenvalue weighted by Gasteiger charge is -2.29. The maximum atomic E-state index is 13.6. The second-order valence-corrected chi connectivity index (χ2v) is 9.17. The summed E-state index contributed by atoms with van der Waals surface area (Å²) in [6.45, 7) is 1.25. The summed E-state index contributed by atoms with van der Waals surface area (Å²) in [5, 5.41) is 3.96. The van der Waals surface area contributed by atoms with Gasteiger partial charge in [-0.1, -0.05) is 36.6 Å². The molecule has 2 heterocycles. The van der Waals surface area contributed by atoms with E-state index in [4.69, 9.17) is 16.0 Å². The molecule has 1 aliphatic rings. The van der Waals surface area contributed by atoms with Crippen LogP contribution >= 0.6 is 11.6 Å². The normalized spacial score (nSPS) is 13.9. The van der Waals surface area contributed by atoms with Crippen LogP contribution in [-0.4, -0.2) is 33.4 Å². The van der Waals surface area contributed by atoms with Crippen LogP contribution in [0.3, 0.4) is 0 Å². The van der Waals surface area contributed by atoms with E-state index in [0.29, 0.717) is 35.8 Å². The Morgan fingerprint density at radius 3 is 2.68 bits per heavy atom. The van der Waals surface area contributed by atoms with Crippen molar-refractivity contribution in [2.75, 3.05) is 11.9 Å². The molecule has 1 amide bonds. The first-order valence-electron chi connectivity index (χ1n) is 11.7. The van der Waals surface area contributed by atoms with Gasteiger partial charge in [0.25, 0.3) is 11.9 Å². The lowest BCUT2D eigenvalue weighted by Crippen LogP contribution is -2.38. The average Bonchev–Trinajstić information content (AvgIpc) is 3.52. The number of nitrogens with zero attached hydrogens (tertiary/aromatic N) is 3. The number of hydrogen-bond donors (Lipinski definition) is 1. The zero-order valence-corrected chi connectivity index (χ0v) is 19.7. The summed E-state index contributed by atoms with van der Waals surface area (Å²) in [5.41, 5.74) is 4.19. The van der Waals surface area contributed by atoms with Crippen molar-refractivity contribution >= 4 is 34.6 Å². The molecule has 0 aliphatic heterocycles. The Labute approximate surface area is 204 Å². The summed E-state index contributed by atoms with van der Waals surface area (Å²) in [4.78, 5) is 24.2. The molecule has 2 aromatic carbocycles. The van der Waals surface area contributed by atoms with E-state index < -0.39 is 0 Å². The number of anilines is 1. The number of amides is 1. The number of hydrogen-bond acceptors (Lipinski definition) is 5. The van der Waals surface area contributed by atoms with Crippen LogP contribution in [0, 0.1) is 0 Å². The fourth-order valence-electron chi connectivity index (χ4n) is 4.58.